The van der Waals surface area contributed by atoms with Crippen molar-refractivity contribution in [2.45, 2.75) is 19.4 Å². The highest BCUT2D eigenvalue weighted by molar-refractivity contribution is 6.30. The van der Waals surface area contributed by atoms with Crippen molar-refractivity contribution in [2.24, 2.45) is 0 Å². The zero-order chi connectivity index (χ0) is 18.4. The van der Waals surface area contributed by atoms with Crippen LogP contribution in [0.2, 0.25) is 5.02 Å². The SMILES string of the molecule is CCC(Oc1cccc(Cl)c1)C(=O)Nc1cc([N+](=O)[O-])ccc1OC. The molecule has 0 spiro atoms. The summed E-state index contributed by atoms with van der Waals surface area (Å²) in [6.07, 6.45) is -0.391. The third-order valence-corrected chi connectivity index (χ3v) is 3.62. The van der Waals surface area contributed by atoms with Gasteiger partial charge in [-0.3, -0.25) is 14.9 Å². The van der Waals surface area contributed by atoms with Crippen LogP contribution in [0.25, 0.3) is 0 Å². The first kappa shape index (κ1) is 18.5. The van der Waals surface area contributed by atoms with Gasteiger partial charge in [-0.05, 0) is 30.7 Å². The van der Waals surface area contributed by atoms with E-state index in [0.29, 0.717) is 22.9 Å². The van der Waals surface area contributed by atoms with Crippen molar-refractivity contribution < 1.29 is 19.2 Å². The van der Waals surface area contributed by atoms with Crippen molar-refractivity contribution in [3.8, 4) is 11.5 Å². The lowest BCUT2D eigenvalue weighted by Gasteiger charge is -2.18. The number of benzene rings is 2. The predicted octanol–water partition coefficient (Wildman–Crippen LogP) is 4.05. The fourth-order valence-electron chi connectivity index (χ4n) is 2.15. The highest BCUT2D eigenvalue weighted by atomic mass is 35.5. The van der Waals surface area contributed by atoms with Crippen molar-refractivity contribution in [2.75, 3.05) is 12.4 Å². The minimum absolute atomic E-state index is 0.153. The second-order valence-electron chi connectivity index (χ2n) is 5.10. The highest BCUT2D eigenvalue weighted by Gasteiger charge is 2.21. The van der Waals surface area contributed by atoms with Crippen molar-refractivity contribution in [3.05, 3.63) is 57.6 Å². The van der Waals surface area contributed by atoms with Crippen LogP contribution in [0, 0.1) is 10.1 Å². The zero-order valence-electron chi connectivity index (χ0n) is 13.7. The van der Waals surface area contributed by atoms with E-state index < -0.39 is 16.9 Å². The molecule has 25 heavy (non-hydrogen) atoms. The Kier molecular flexibility index (Phi) is 6.19. The summed E-state index contributed by atoms with van der Waals surface area (Å²) in [6.45, 7) is 1.79. The number of halogens is 1. The van der Waals surface area contributed by atoms with Gasteiger partial charge < -0.3 is 14.8 Å². The average molecular weight is 365 g/mol. The molecule has 0 saturated carbocycles. The van der Waals surface area contributed by atoms with Gasteiger partial charge in [-0.1, -0.05) is 24.6 Å². The van der Waals surface area contributed by atoms with Crippen LogP contribution in [0.1, 0.15) is 13.3 Å². The third-order valence-electron chi connectivity index (χ3n) is 3.39. The summed E-state index contributed by atoms with van der Waals surface area (Å²) < 4.78 is 10.8. The molecule has 1 atom stereocenters. The van der Waals surface area contributed by atoms with Gasteiger partial charge in [0.1, 0.15) is 11.5 Å². The summed E-state index contributed by atoms with van der Waals surface area (Å²) >= 11 is 5.91. The van der Waals surface area contributed by atoms with Crippen LogP contribution in [0.4, 0.5) is 11.4 Å². The molecule has 0 saturated heterocycles. The third kappa shape index (κ3) is 4.84. The van der Waals surface area contributed by atoms with Gasteiger partial charge in [0.15, 0.2) is 6.10 Å². The normalized spacial score (nSPS) is 11.5. The molecule has 0 heterocycles. The van der Waals surface area contributed by atoms with Gasteiger partial charge in [-0.2, -0.15) is 0 Å². The van der Waals surface area contributed by atoms with Crippen LogP contribution < -0.4 is 14.8 Å². The van der Waals surface area contributed by atoms with Crippen LogP contribution in [0.15, 0.2) is 42.5 Å². The zero-order valence-corrected chi connectivity index (χ0v) is 14.4. The summed E-state index contributed by atoms with van der Waals surface area (Å²) in [5.74, 6) is 0.332. The number of rotatable bonds is 7. The number of methoxy groups -OCH3 is 1. The van der Waals surface area contributed by atoms with Gasteiger partial charge in [0.05, 0.1) is 17.7 Å². The lowest BCUT2D eigenvalue weighted by molar-refractivity contribution is -0.384. The number of hydrogen-bond donors (Lipinski definition) is 1. The fourth-order valence-corrected chi connectivity index (χ4v) is 2.33. The fraction of sp³-hybridized carbons (Fsp3) is 0.235. The minimum atomic E-state index is -0.789. The quantitative estimate of drug-likeness (QED) is 0.591. The molecule has 1 amide bonds. The molecule has 2 aromatic carbocycles. The number of carbonyl (C=O) groups is 1. The maximum Gasteiger partial charge on any atom is 0.271 e. The van der Waals surface area contributed by atoms with Gasteiger partial charge in [0, 0.05) is 17.2 Å². The van der Waals surface area contributed by atoms with Gasteiger partial charge in [-0.25, -0.2) is 0 Å². The first-order valence-corrected chi connectivity index (χ1v) is 7.88. The standard InChI is InChI=1S/C17H17ClN2O5/c1-3-15(25-13-6-4-5-11(18)9-13)17(21)19-14-10-12(20(22)23)7-8-16(14)24-2/h4-10,15H,3H2,1-2H3,(H,19,21). The first-order chi connectivity index (χ1) is 11.9. The Labute approximate surface area is 149 Å². The average Bonchev–Trinajstić information content (AvgIpc) is 2.59. The number of anilines is 1. The number of nitrogens with one attached hydrogen (secondary N) is 1. The molecular formula is C17H17ClN2O5. The monoisotopic (exact) mass is 364 g/mol. The highest BCUT2D eigenvalue weighted by Crippen LogP contribution is 2.29. The lowest BCUT2D eigenvalue weighted by atomic mass is 10.2. The van der Waals surface area contributed by atoms with Crippen molar-refractivity contribution in [1.82, 2.24) is 0 Å². The molecule has 132 valence electrons. The molecule has 0 aliphatic rings. The number of non-ortho nitro benzene ring substituents is 1. The number of nitrogens with zero attached hydrogens (tertiary/aromatic N) is 1. The van der Waals surface area contributed by atoms with Crippen LogP contribution in [0.5, 0.6) is 11.5 Å². The number of hydrogen-bond acceptors (Lipinski definition) is 5. The summed E-state index contributed by atoms with van der Waals surface area (Å²) in [4.78, 5) is 22.9. The molecule has 0 aliphatic carbocycles. The molecule has 2 aromatic rings. The molecule has 0 bridgehead atoms. The summed E-state index contributed by atoms with van der Waals surface area (Å²) in [5, 5.41) is 14.0. The molecule has 2 rings (SSSR count). The smallest absolute Gasteiger partial charge is 0.271 e. The first-order valence-electron chi connectivity index (χ1n) is 7.50. The Hall–Kier alpha value is -2.80. The molecule has 7 nitrogen and oxygen atoms in total. The van der Waals surface area contributed by atoms with E-state index in [1.165, 1.54) is 25.3 Å². The van der Waals surface area contributed by atoms with E-state index in [2.05, 4.69) is 5.32 Å². The van der Waals surface area contributed by atoms with Crippen LogP contribution in [-0.2, 0) is 4.79 Å². The maximum absolute atomic E-state index is 12.5. The van der Waals surface area contributed by atoms with E-state index in [1.54, 1.807) is 31.2 Å². The number of nitro groups is 1. The molecule has 0 radical (unpaired) electrons. The maximum atomic E-state index is 12.5. The van der Waals surface area contributed by atoms with Crippen LogP contribution in [0.3, 0.4) is 0 Å². The van der Waals surface area contributed by atoms with E-state index in [0.717, 1.165) is 0 Å². The Morgan fingerprint density at radius 3 is 2.68 bits per heavy atom. The topological polar surface area (TPSA) is 90.7 Å². The van der Waals surface area contributed by atoms with Gasteiger partial charge in [0.25, 0.3) is 11.6 Å². The van der Waals surface area contributed by atoms with Gasteiger partial charge in [-0.15, -0.1) is 0 Å². The second kappa shape index (κ2) is 8.34. The Morgan fingerprint density at radius 1 is 1.32 bits per heavy atom. The minimum Gasteiger partial charge on any atom is -0.495 e. The Balaban J connectivity index is 2.18. The molecule has 8 heteroatoms. The molecule has 1 unspecified atom stereocenters. The largest absolute Gasteiger partial charge is 0.495 e. The van der Waals surface area contributed by atoms with Crippen LogP contribution in [-0.4, -0.2) is 24.0 Å². The number of nitro benzene ring substituents is 1. The number of amides is 1. The van der Waals surface area contributed by atoms with Gasteiger partial charge >= 0.3 is 0 Å². The Morgan fingerprint density at radius 2 is 2.08 bits per heavy atom. The van der Waals surface area contributed by atoms with E-state index in [9.17, 15) is 14.9 Å². The summed E-state index contributed by atoms with van der Waals surface area (Å²) in [5.41, 5.74) is 0.0507. The molecule has 0 aliphatic heterocycles. The Bertz CT molecular complexity index is 781. The number of carbonyl (C=O) groups excluding carboxylic acids is 1. The molecular weight excluding hydrogens is 348 g/mol. The number of ether oxygens (including phenoxy) is 2. The van der Waals surface area contributed by atoms with E-state index >= 15 is 0 Å². The van der Waals surface area contributed by atoms with E-state index in [1.807, 2.05) is 0 Å². The second-order valence-corrected chi connectivity index (χ2v) is 5.54. The molecule has 0 aromatic heterocycles. The van der Waals surface area contributed by atoms with E-state index in [4.69, 9.17) is 21.1 Å². The molecule has 1 N–H and O–H groups in total. The summed E-state index contributed by atoms with van der Waals surface area (Å²) in [7, 11) is 1.41. The lowest BCUT2D eigenvalue weighted by Crippen LogP contribution is -2.32. The predicted molar refractivity (Wildman–Crippen MR) is 94.4 cm³/mol. The summed E-state index contributed by atoms with van der Waals surface area (Å²) in [6, 6.07) is 10.7. The van der Waals surface area contributed by atoms with E-state index in [-0.39, 0.29) is 11.4 Å². The molecule has 0 fully saturated rings. The van der Waals surface area contributed by atoms with Gasteiger partial charge in [0.2, 0.25) is 0 Å². The van der Waals surface area contributed by atoms with Crippen molar-refractivity contribution in [1.29, 1.82) is 0 Å². The van der Waals surface area contributed by atoms with Crippen LogP contribution >= 0.6 is 11.6 Å². The van der Waals surface area contributed by atoms with Crippen molar-refractivity contribution >= 4 is 28.9 Å². The van der Waals surface area contributed by atoms with Crippen molar-refractivity contribution in [3.63, 3.8) is 0 Å².